The Morgan fingerprint density at radius 3 is 2.71 bits per heavy atom. The quantitative estimate of drug-likeness (QED) is 0.872. The first kappa shape index (κ1) is 14.5. The molecule has 4 heteroatoms. The average Bonchev–Trinajstić information content (AvgIpc) is 3.22. The largest absolute Gasteiger partial charge is 0.364 e. The van der Waals surface area contributed by atoms with E-state index < -0.39 is 0 Å². The van der Waals surface area contributed by atoms with Crippen molar-refractivity contribution >= 4 is 5.91 Å². The lowest BCUT2D eigenvalue weighted by Crippen LogP contribution is -2.38. The van der Waals surface area contributed by atoms with Gasteiger partial charge in [0.15, 0.2) is 0 Å². The highest BCUT2D eigenvalue weighted by Crippen LogP contribution is 2.42. The summed E-state index contributed by atoms with van der Waals surface area (Å²) < 4.78 is 5.70. The SMILES string of the molecule is Cc1ccccc1C(NC(=O)[C@@H]1CC[C@H](CN)O1)C1CC1. The Morgan fingerprint density at radius 1 is 1.33 bits per heavy atom. The zero-order valence-electron chi connectivity index (χ0n) is 12.5. The first-order valence-corrected chi connectivity index (χ1v) is 7.90. The molecule has 3 atom stereocenters. The topological polar surface area (TPSA) is 64.4 Å². The van der Waals surface area contributed by atoms with Crippen LogP contribution in [0, 0.1) is 12.8 Å². The van der Waals surface area contributed by atoms with Gasteiger partial charge in [-0.2, -0.15) is 0 Å². The van der Waals surface area contributed by atoms with Gasteiger partial charge in [0.2, 0.25) is 5.91 Å². The van der Waals surface area contributed by atoms with Crippen molar-refractivity contribution in [2.24, 2.45) is 11.7 Å². The third-order valence-electron chi connectivity index (χ3n) is 4.58. The van der Waals surface area contributed by atoms with E-state index in [0.717, 1.165) is 12.8 Å². The summed E-state index contributed by atoms with van der Waals surface area (Å²) in [5, 5.41) is 3.22. The van der Waals surface area contributed by atoms with Crippen molar-refractivity contribution in [2.75, 3.05) is 6.54 Å². The molecule has 3 rings (SSSR count). The third-order valence-corrected chi connectivity index (χ3v) is 4.58. The number of nitrogens with two attached hydrogens (primary N) is 1. The second kappa shape index (κ2) is 6.16. The molecular formula is C17H24N2O2. The Morgan fingerprint density at radius 2 is 2.10 bits per heavy atom. The van der Waals surface area contributed by atoms with Crippen molar-refractivity contribution in [3.05, 3.63) is 35.4 Å². The predicted molar refractivity (Wildman–Crippen MR) is 81.7 cm³/mol. The van der Waals surface area contributed by atoms with Gasteiger partial charge >= 0.3 is 0 Å². The van der Waals surface area contributed by atoms with Crippen LogP contribution in [0.1, 0.15) is 42.9 Å². The molecular weight excluding hydrogens is 264 g/mol. The van der Waals surface area contributed by atoms with Crippen LogP contribution in [0.25, 0.3) is 0 Å². The number of hydrogen-bond acceptors (Lipinski definition) is 3. The molecule has 114 valence electrons. The number of benzene rings is 1. The van der Waals surface area contributed by atoms with Gasteiger partial charge in [-0.05, 0) is 49.7 Å². The van der Waals surface area contributed by atoms with Crippen LogP contribution < -0.4 is 11.1 Å². The first-order chi connectivity index (χ1) is 10.2. The molecule has 1 aliphatic heterocycles. The first-order valence-electron chi connectivity index (χ1n) is 7.90. The second-order valence-electron chi connectivity index (χ2n) is 6.24. The zero-order chi connectivity index (χ0) is 14.8. The predicted octanol–water partition coefficient (Wildman–Crippen LogP) is 2.07. The van der Waals surface area contributed by atoms with Gasteiger partial charge in [-0.15, -0.1) is 0 Å². The second-order valence-corrected chi connectivity index (χ2v) is 6.24. The molecule has 0 bridgehead atoms. The monoisotopic (exact) mass is 288 g/mol. The van der Waals surface area contributed by atoms with Crippen LogP contribution in [0.3, 0.4) is 0 Å². The molecule has 1 aliphatic carbocycles. The minimum absolute atomic E-state index is 0.0195. The van der Waals surface area contributed by atoms with E-state index in [0.29, 0.717) is 12.5 Å². The van der Waals surface area contributed by atoms with Crippen LogP contribution >= 0.6 is 0 Å². The highest BCUT2D eigenvalue weighted by molar-refractivity contribution is 5.81. The van der Waals surface area contributed by atoms with Gasteiger partial charge in [-0.25, -0.2) is 0 Å². The number of hydrogen-bond donors (Lipinski definition) is 2. The lowest BCUT2D eigenvalue weighted by molar-refractivity contribution is -0.132. The van der Waals surface area contributed by atoms with Crippen LogP contribution in [0.5, 0.6) is 0 Å². The average molecular weight is 288 g/mol. The summed E-state index contributed by atoms with van der Waals surface area (Å²) in [6.07, 6.45) is 3.75. The number of aryl methyl sites for hydroxylation is 1. The lowest BCUT2D eigenvalue weighted by Gasteiger charge is -2.22. The highest BCUT2D eigenvalue weighted by Gasteiger charge is 2.37. The van der Waals surface area contributed by atoms with Crippen molar-refractivity contribution in [1.29, 1.82) is 0 Å². The minimum Gasteiger partial charge on any atom is -0.364 e. The molecule has 0 aromatic heterocycles. The highest BCUT2D eigenvalue weighted by atomic mass is 16.5. The smallest absolute Gasteiger partial charge is 0.249 e. The van der Waals surface area contributed by atoms with E-state index in [4.69, 9.17) is 10.5 Å². The van der Waals surface area contributed by atoms with E-state index in [-0.39, 0.29) is 24.2 Å². The van der Waals surface area contributed by atoms with E-state index in [1.165, 1.54) is 24.0 Å². The van der Waals surface area contributed by atoms with Crippen LogP contribution in [-0.2, 0) is 9.53 Å². The van der Waals surface area contributed by atoms with E-state index in [1.54, 1.807) is 0 Å². The van der Waals surface area contributed by atoms with Gasteiger partial charge in [-0.1, -0.05) is 24.3 Å². The maximum absolute atomic E-state index is 12.5. The number of amides is 1. The maximum atomic E-state index is 12.5. The van der Waals surface area contributed by atoms with Crippen LogP contribution in [0.2, 0.25) is 0 Å². The Hall–Kier alpha value is -1.39. The molecule has 1 aromatic rings. The molecule has 1 amide bonds. The number of carbonyl (C=O) groups is 1. The zero-order valence-corrected chi connectivity index (χ0v) is 12.5. The summed E-state index contributed by atoms with van der Waals surface area (Å²) in [5.41, 5.74) is 8.09. The minimum atomic E-state index is -0.330. The van der Waals surface area contributed by atoms with E-state index >= 15 is 0 Å². The Balaban J connectivity index is 1.69. The van der Waals surface area contributed by atoms with Crippen molar-refractivity contribution in [3.63, 3.8) is 0 Å². The standard InChI is InChI=1S/C17H24N2O2/c1-11-4-2-3-5-14(11)16(12-6-7-12)19-17(20)15-9-8-13(10-18)21-15/h2-5,12-13,15-16H,6-10,18H2,1H3,(H,19,20)/t13-,15+,16?/m1/s1. The molecule has 1 saturated carbocycles. The Labute approximate surface area is 126 Å². The summed E-state index contributed by atoms with van der Waals surface area (Å²) in [5.74, 6) is 0.591. The van der Waals surface area contributed by atoms with Crippen molar-refractivity contribution in [2.45, 2.75) is 50.9 Å². The molecule has 3 N–H and O–H groups in total. The molecule has 2 aliphatic rings. The van der Waals surface area contributed by atoms with Gasteiger partial charge < -0.3 is 15.8 Å². The molecule has 1 heterocycles. The van der Waals surface area contributed by atoms with E-state index in [2.05, 4.69) is 24.4 Å². The van der Waals surface area contributed by atoms with Crippen LogP contribution in [0.4, 0.5) is 0 Å². The maximum Gasteiger partial charge on any atom is 0.249 e. The summed E-state index contributed by atoms with van der Waals surface area (Å²) in [4.78, 5) is 12.5. The fourth-order valence-corrected chi connectivity index (χ4v) is 3.13. The molecule has 0 spiro atoms. The van der Waals surface area contributed by atoms with Gasteiger partial charge in [0, 0.05) is 6.54 Å². The summed E-state index contributed by atoms with van der Waals surface area (Å²) in [6, 6.07) is 8.43. The Bertz CT molecular complexity index is 513. The number of ether oxygens (including phenoxy) is 1. The summed E-state index contributed by atoms with van der Waals surface area (Å²) in [6.45, 7) is 2.60. The van der Waals surface area contributed by atoms with Crippen LogP contribution in [-0.4, -0.2) is 24.7 Å². The van der Waals surface area contributed by atoms with E-state index in [1.807, 2.05) is 12.1 Å². The fourth-order valence-electron chi connectivity index (χ4n) is 3.13. The van der Waals surface area contributed by atoms with Crippen molar-refractivity contribution in [1.82, 2.24) is 5.32 Å². The van der Waals surface area contributed by atoms with Gasteiger partial charge in [0.25, 0.3) is 0 Å². The van der Waals surface area contributed by atoms with Crippen LogP contribution in [0.15, 0.2) is 24.3 Å². The molecule has 1 saturated heterocycles. The fraction of sp³-hybridized carbons (Fsp3) is 0.588. The Kier molecular flexibility index (Phi) is 4.27. The normalized spacial score (nSPS) is 26.6. The van der Waals surface area contributed by atoms with Crippen molar-refractivity contribution < 1.29 is 9.53 Å². The van der Waals surface area contributed by atoms with Gasteiger partial charge in [0.1, 0.15) is 6.10 Å². The lowest BCUT2D eigenvalue weighted by atomic mass is 9.97. The summed E-state index contributed by atoms with van der Waals surface area (Å²) >= 11 is 0. The number of rotatable bonds is 5. The van der Waals surface area contributed by atoms with E-state index in [9.17, 15) is 4.79 Å². The number of nitrogens with one attached hydrogen (secondary N) is 1. The number of carbonyl (C=O) groups excluding carboxylic acids is 1. The molecule has 1 unspecified atom stereocenters. The van der Waals surface area contributed by atoms with Gasteiger partial charge in [0.05, 0.1) is 12.1 Å². The van der Waals surface area contributed by atoms with Gasteiger partial charge in [-0.3, -0.25) is 4.79 Å². The molecule has 1 aromatic carbocycles. The molecule has 0 radical (unpaired) electrons. The molecule has 4 nitrogen and oxygen atoms in total. The summed E-state index contributed by atoms with van der Waals surface area (Å²) in [7, 11) is 0. The molecule has 2 fully saturated rings. The molecule has 21 heavy (non-hydrogen) atoms. The van der Waals surface area contributed by atoms with Crippen molar-refractivity contribution in [3.8, 4) is 0 Å². The third kappa shape index (κ3) is 3.27.